The maximum atomic E-state index is 11.3. The third-order valence-corrected chi connectivity index (χ3v) is 4.07. The Hall–Kier alpha value is -0.570. The van der Waals surface area contributed by atoms with Crippen molar-refractivity contribution < 1.29 is 14.3 Å². The van der Waals surface area contributed by atoms with Crippen LogP contribution in [-0.2, 0) is 14.3 Å². The Balaban J connectivity index is 3.23. The zero-order valence-corrected chi connectivity index (χ0v) is 14.5. The van der Waals surface area contributed by atoms with Crippen molar-refractivity contribution in [1.29, 1.82) is 0 Å². The first kappa shape index (κ1) is 20.4. The average Bonchev–Trinajstić information content (AvgIpc) is 2.51. The Kier molecular flexibility index (Phi) is 15.4. The van der Waals surface area contributed by atoms with Crippen LogP contribution in [0.2, 0.25) is 0 Å². The van der Waals surface area contributed by atoms with E-state index in [1.807, 2.05) is 0 Å². The van der Waals surface area contributed by atoms with E-state index in [0.717, 1.165) is 12.8 Å². The predicted octanol–water partition coefficient (Wildman–Crippen LogP) is 5.27. The second kappa shape index (κ2) is 15.8. The first-order valence-electron chi connectivity index (χ1n) is 8.86. The molecular formula is C18H36O3. The fourth-order valence-electron chi connectivity index (χ4n) is 2.63. The molecule has 0 aromatic heterocycles. The van der Waals surface area contributed by atoms with E-state index in [9.17, 15) is 4.79 Å². The lowest BCUT2D eigenvalue weighted by Gasteiger charge is -2.12. The van der Waals surface area contributed by atoms with Gasteiger partial charge in [0.1, 0.15) is 0 Å². The largest absolute Gasteiger partial charge is 0.467 e. The Labute approximate surface area is 131 Å². The molecule has 0 unspecified atom stereocenters. The van der Waals surface area contributed by atoms with Crippen molar-refractivity contribution in [1.82, 2.24) is 0 Å². The molecule has 0 aromatic rings. The van der Waals surface area contributed by atoms with E-state index in [-0.39, 0.29) is 12.1 Å². The summed E-state index contributed by atoms with van der Waals surface area (Å²) in [4.78, 5) is 11.3. The van der Waals surface area contributed by atoms with Crippen molar-refractivity contribution in [2.45, 2.75) is 96.5 Å². The third kappa shape index (κ3) is 12.9. The summed E-state index contributed by atoms with van der Waals surface area (Å²) in [5.41, 5.74) is 0. The van der Waals surface area contributed by atoms with Crippen LogP contribution in [0.15, 0.2) is 0 Å². The van der Waals surface area contributed by atoms with Gasteiger partial charge in [-0.15, -0.1) is 0 Å². The number of carbonyl (C=O) groups excluding carboxylic acids is 1. The van der Waals surface area contributed by atoms with E-state index >= 15 is 0 Å². The van der Waals surface area contributed by atoms with Crippen molar-refractivity contribution in [3.8, 4) is 0 Å². The van der Waals surface area contributed by atoms with E-state index in [4.69, 9.17) is 9.47 Å². The highest BCUT2D eigenvalue weighted by Crippen LogP contribution is 2.13. The van der Waals surface area contributed by atoms with Crippen molar-refractivity contribution in [2.75, 3.05) is 14.2 Å². The molecule has 3 heteroatoms. The molecule has 0 spiro atoms. The van der Waals surface area contributed by atoms with Gasteiger partial charge in [0, 0.05) is 7.11 Å². The number of hydrogen-bond acceptors (Lipinski definition) is 3. The SMILES string of the molecule is CCCCCCCCCCCCCC[C@@H](OC)C(=O)OC. The van der Waals surface area contributed by atoms with Gasteiger partial charge in [-0.3, -0.25) is 0 Å². The molecular weight excluding hydrogens is 264 g/mol. The van der Waals surface area contributed by atoms with Gasteiger partial charge < -0.3 is 9.47 Å². The van der Waals surface area contributed by atoms with Gasteiger partial charge in [-0.1, -0.05) is 84.0 Å². The van der Waals surface area contributed by atoms with Crippen molar-refractivity contribution >= 4 is 5.97 Å². The van der Waals surface area contributed by atoms with Crippen molar-refractivity contribution in [3.05, 3.63) is 0 Å². The molecule has 126 valence electrons. The molecule has 3 nitrogen and oxygen atoms in total. The van der Waals surface area contributed by atoms with Gasteiger partial charge in [-0.05, 0) is 6.42 Å². The van der Waals surface area contributed by atoms with Gasteiger partial charge in [0.15, 0.2) is 6.10 Å². The van der Waals surface area contributed by atoms with Gasteiger partial charge in [0.05, 0.1) is 7.11 Å². The molecule has 0 N–H and O–H groups in total. The normalized spacial score (nSPS) is 12.3. The van der Waals surface area contributed by atoms with E-state index in [2.05, 4.69) is 6.92 Å². The minimum atomic E-state index is -0.377. The van der Waals surface area contributed by atoms with Gasteiger partial charge >= 0.3 is 5.97 Å². The number of methoxy groups -OCH3 is 2. The van der Waals surface area contributed by atoms with Crippen LogP contribution in [-0.4, -0.2) is 26.3 Å². The highest BCUT2D eigenvalue weighted by Gasteiger charge is 2.17. The molecule has 21 heavy (non-hydrogen) atoms. The summed E-state index contributed by atoms with van der Waals surface area (Å²) in [6, 6.07) is 0. The van der Waals surface area contributed by atoms with Crippen LogP contribution < -0.4 is 0 Å². The molecule has 0 aliphatic rings. The van der Waals surface area contributed by atoms with Crippen LogP contribution in [0, 0.1) is 0 Å². The van der Waals surface area contributed by atoms with Crippen LogP contribution >= 0.6 is 0 Å². The van der Waals surface area contributed by atoms with E-state index in [0.29, 0.717) is 0 Å². The number of carbonyl (C=O) groups is 1. The Morgan fingerprint density at radius 2 is 1.19 bits per heavy atom. The summed E-state index contributed by atoms with van der Waals surface area (Å²) in [6.07, 6.45) is 16.3. The smallest absolute Gasteiger partial charge is 0.334 e. The first-order valence-corrected chi connectivity index (χ1v) is 8.86. The summed E-state index contributed by atoms with van der Waals surface area (Å²) in [7, 11) is 2.98. The zero-order chi connectivity index (χ0) is 15.8. The predicted molar refractivity (Wildman–Crippen MR) is 88.5 cm³/mol. The van der Waals surface area contributed by atoms with Crippen LogP contribution in [0.3, 0.4) is 0 Å². The van der Waals surface area contributed by atoms with Gasteiger partial charge in [-0.25, -0.2) is 4.79 Å². The number of ether oxygens (including phenoxy) is 2. The van der Waals surface area contributed by atoms with E-state index in [1.165, 1.54) is 77.7 Å². The second-order valence-electron chi connectivity index (χ2n) is 5.93. The topological polar surface area (TPSA) is 35.5 Å². The van der Waals surface area contributed by atoms with E-state index in [1.54, 1.807) is 7.11 Å². The van der Waals surface area contributed by atoms with E-state index < -0.39 is 0 Å². The minimum Gasteiger partial charge on any atom is -0.467 e. The standard InChI is InChI=1S/C18H36O3/c1-4-5-6-7-8-9-10-11-12-13-14-15-16-17(20-2)18(19)21-3/h17H,4-16H2,1-3H3/t17-/m1/s1. The molecule has 0 bridgehead atoms. The summed E-state index contributed by atoms with van der Waals surface area (Å²) in [5, 5.41) is 0. The lowest BCUT2D eigenvalue weighted by atomic mass is 10.0. The monoisotopic (exact) mass is 300 g/mol. The Bertz CT molecular complexity index is 229. The van der Waals surface area contributed by atoms with Crippen molar-refractivity contribution in [3.63, 3.8) is 0 Å². The zero-order valence-electron chi connectivity index (χ0n) is 14.5. The summed E-state index contributed by atoms with van der Waals surface area (Å²) >= 11 is 0. The van der Waals surface area contributed by atoms with Crippen LogP contribution in [0.4, 0.5) is 0 Å². The van der Waals surface area contributed by atoms with Crippen LogP contribution in [0.25, 0.3) is 0 Å². The molecule has 1 atom stereocenters. The molecule has 0 heterocycles. The average molecular weight is 300 g/mol. The van der Waals surface area contributed by atoms with Gasteiger partial charge in [0.25, 0.3) is 0 Å². The summed E-state index contributed by atoms with van der Waals surface area (Å²) in [6.45, 7) is 2.26. The minimum absolute atomic E-state index is 0.249. The number of hydrogen-bond donors (Lipinski definition) is 0. The number of esters is 1. The first-order chi connectivity index (χ1) is 10.3. The molecule has 0 rings (SSSR count). The third-order valence-electron chi connectivity index (χ3n) is 4.07. The maximum Gasteiger partial charge on any atom is 0.334 e. The molecule has 0 aliphatic carbocycles. The summed E-state index contributed by atoms with van der Waals surface area (Å²) < 4.78 is 9.83. The number of unbranched alkanes of at least 4 members (excludes halogenated alkanes) is 11. The Morgan fingerprint density at radius 3 is 1.57 bits per heavy atom. The number of rotatable bonds is 15. The molecule has 0 aromatic carbocycles. The fraction of sp³-hybridized carbons (Fsp3) is 0.944. The molecule has 0 fully saturated rings. The molecule has 0 aliphatic heterocycles. The highest BCUT2D eigenvalue weighted by molar-refractivity contribution is 5.74. The molecule has 0 saturated carbocycles. The van der Waals surface area contributed by atoms with Gasteiger partial charge in [-0.2, -0.15) is 0 Å². The quantitative estimate of drug-likeness (QED) is 0.305. The lowest BCUT2D eigenvalue weighted by molar-refractivity contribution is -0.152. The fourth-order valence-corrected chi connectivity index (χ4v) is 2.63. The second-order valence-corrected chi connectivity index (χ2v) is 5.93. The highest BCUT2D eigenvalue weighted by atomic mass is 16.6. The molecule has 0 saturated heterocycles. The summed E-state index contributed by atoms with van der Waals surface area (Å²) in [5.74, 6) is -0.249. The van der Waals surface area contributed by atoms with Gasteiger partial charge in [0.2, 0.25) is 0 Å². The molecule has 0 radical (unpaired) electrons. The maximum absolute atomic E-state index is 11.3. The molecule has 0 amide bonds. The van der Waals surface area contributed by atoms with Crippen molar-refractivity contribution in [2.24, 2.45) is 0 Å². The lowest BCUT2D eigenvalue weighted by Crippen LogP contribution is -2.24. The van der Waals surface area contributed by atoms with Crippen LogP contribution in [0.5, 0.6) is 0 Å². The van der Waals surface area contributed by atoms with Crippen LogP contribution in [0.1, 0.15) is 90.4 Å². The Morgan fingerprint density at radius 1 is 0.762 bits per heavy atom.